The van der Waals surface area contributed by atoms with Gasteiger partial charge in [-0.25, -0.2) is 14.0 Å². The van der Waals surface area contributed by atoms with Crippen LogP contribution in [0.4, 0.5) is 14.9 Å². The van der Waals surface area contributed by atoms with Crippen molar-refractivity contribution in [1.29, 1.82) is 0 Å². The first kappa shape index (κ1) is 15.7. The van der Waals surface area contributed by atoms with E-state index < -0.39 is 36.2 Å². The molecule has 20 heavy (non-hydrogen) atoms. The first-order chi connectivity index (χ1) is 9.29. The Morgan fingerprint density at radius 3 is 2.60 bits per heavy atom. The Hall–Kier alpha value is -2.35. The molecule has 5 N–H and O–H groups in total. The van der Waals surface area contributed by atoms with Gasteiger partial charge in [-0.3, -0.25) is 4.79 Å². The zero-order valence-corrected chi connectivity index (χ0v) is 10.8. The number of carboxylic acids is 1. The highest BCUT2D eigenvalue weighted by Gasteiger charge is 2.22. The van der Waals surface area contributed by atoms with E-state index in [9.17, 15) is 18.8 Å². The van der Waals surface area contributed by atoms with Crippen molar-refractivity contribution in [1.82, 2.24) is 5.32 Å². The fraction of sp³-hybridized carbons (Fsp3) is 0.182. The third-order valence-corrected chi connectivity index (χ3v) is 2.51. The molecule has 0 saturated heterocycles. The molecule has 1 aromatic rings. The summed E-state index contributed by atoms with van der Waals surface area (Å²) in [6.45, 7) is 0. The number of amides is 3. The molecule has 9 heteroatoms. The van der Waals surface area contributed by atoms with Crippen LogP contribution in [0, 0.1) is 5.82 Å². The zero-order chi connectivity index (χ0) is 15.3. The standard InChI is InChI=1S/C11H11ClFN3O4/c12-6-2-1-5(13)3-7(6)15-11(20)16-8(10(18)19)4-9(14)17/h1-3,8H,4H2,(H2,14,17)(H,18,19)(H2,15,16,20)/t8-/m0/s1. The minimum absolute atomic E-state index is 0.0348. The van der Waals surface area contributed by atoms with Crippen molar-refractivity contribution in [3.8, 4) is 0 Å². The number of carbonyl (C=O) groups excluding carboxylic acids is 2. The molecule has 108 valence electrons. The Balaban J connectivity index is 2.72. The summed E-state index contributed by atoms with van der Waals surface area (Å²) in [5.74, 6) is -2.94. The second-order valence-corrected chi connectivity index (χ2v) is 4.19. The fourth-order valence-corrected chi connectivity index (χ4v) is 1.48. The average Bonchev–Trinajstić information content (AvgIpc) is 2.32. The number of primary amides is 1. The highest BCUT2D eigenvalue weighted by atomic mass is 35.5. The second kappa shape index (κ2) is 6.71. The fourth-order valence-electron chi connectivity index (χ4n) is 1.31. The van der Waals surface area contributed by atoms with Gasteiger partial charge < -0.3 is 21.5 Å². The van der Waals surface area contributed by atoms with Crippen LogP contribution in [-0.2, 0) is 9.59 Å². The Kier molecular flexibility index (Phi) is 5.27. The summed E-state index contributed by atoms with van der Waals surface area (Å²) in [7, 11) is 0. The van der Waals surface area contributed by atoms with E-state index in [4.69, 9.17) is 22.4 Å². The quantitative estimate of drug-likeness (QED) is 0.646. The molecular weight excluding hydrogens is 293 g/mol. The van der Waals surface area contributed by atoms with Crippen LogP contribution in [0.25, 0.3) is 0 Å². The lowest BCUT2D eigenvalue weighted by molar-refractivity contribution is -0.140. The molecule has 0 heterocycles. The number of hydrogen-bond acceptors (Lipinski definition) is 3. The van der Waals surface area contributed by atoms with Crippen LogP contribution in [0.2, 0.25) is 5.02 Å². The van der Waals surface area contributed by atoms with Gasteiger partial charge in [-0.2, -0.15) is 0 Å². The SMILES string of the molecule is NC(=O)C[C@H](NC(=O)Nc1cc(F)ccc1Cl)C(=O)O. The van der Waals surface area contributed by atoms with Crippen molar-refractivity contribution < 1.29 is 23.9 Å². The molecule has 0 radical (unpaired) electrons. The largest absolute Gasteiger partial charge is 0.480 e. The predicted molar refractivity (Wildman–Crippen MR) is 68.8 cm³/mol. The molecule has 1 aromatic carbocycles. The van der Waals surface area contributed by atoms with Crippen LogP contribution in [0.15, 0.2) is 18.2 Å². The number of hydrogen-bond donors (Lipinski definition) is 4. The minimum Gasteiger partial charge on any atom is -0.480 e. The van der Waals surface area contributed by atoms with Gasteiger partial charge in [0.05, 0.1) is 17.1 Å². The third-order valence-electron chi connectivity index (χ3n) is 2.19. The smallest absolute Gasteiger partial charge is 0.326 e. The van der Waals surface area contributed by atoms with Crippen LogP contribution in [0.3, 0.4) is 0 Å². The number of anilines is 1. The number of nitrogens with one attached hydrogen (secondary N) is 2. The van der Waals surface area contributed by atoms with Crippen LogP contribution in [0.1, 0.15) is 6.42 Å². The summed E-state index contributed by atoms with van der Waals surface area (Å²) in [5.41, 5.74) is 4.82. The first-order valence-electron chi connectivity index (χ1n) is 5.33. The number of benzene rings is 1. The van der Waals surface area contributed by atoms with E-state index in [0.717, 1.165) is 12.1 Å². The molecule has 1 rings (SSSR count). The van der Waals surface area contributed by atoms with Crippen molar-refractivity contribution in [3.05, 3.63) is 29.0 Å². The molecule has 0 aliphatic rings. The predicted octanol–water partition coefficient (Wildman–Crippen LogP) is 0.929. The van der Waals surface area contributed by atoms with E-state index in [1.165, 1.54) is 6.07 Å². The van der Waals surface area contributed by atoms with Gasteiger partial charge in [0.2, 0.25) is 5.91 Å². The van der Waals surface area contributed by atoms with E-state index in [-0.39, 0.29) is 10.7 Å². The number of aliphatic carboxylic acids is 1. The lowest BCUT2D eigenvalue weighted by Gasteiger charge is -2.14. The van der Waals surface area contributed by atoms with E-state index >= 15 is 0 Å². The summed E-state index contributed by atoms with van der Waals surface area (Å²) < 4.78 is 13.0. The van der Waals surface area contributed by atoms with Crippen LogP contribution < -0.4 is 16.4 Å². The number of nitrogens with two attached hydrogens (primary N) is 1. The van der Waals surface area contributed by atoms with E-state index in [2.05, 4.69) is 5.32 Å². The maximum absolute atomic E-state index is 13.0. The molecule has 0 aliphatic heterocycles. The normalized spacial score (nSPS) is 11.5. The Labute approximate surface area is 117 Å². The minimum atomic E-state index is -1.49. The van der Waals surface area contributed by atoms with Gasteiger partial charge in [0.15, 0.2) is 0 Å². The molecule has 0 aliphatic carbocycles. The van der Waals surface area contributed by atoms with Gasteiger partial charge in [0, 0.05) is 0 Å². The molecule has 0 saturated carbocycles. The van der Waals surface area contributed by atoms with Crippen molar-refractivity contribution in [2.24, 2.45) is 5.73 Å². The topological polar surface area (TPSA) is 122 Å². The van der Waals surface area contributed by atoms with Crippen LogP contribution in [-0.4, -0.2) is 29.1 Å². The van der Waals surface area contributed by atoms with E-state index in [1.807, 2.05) is 5.32 Å². The Morgan fingerprint density at radius 1 is 1.40 bits per heavy atom. The molecule has 1 atom stereocenters. The van der Waals surface area contributed by atoms with Crippen molar-refractivity contribution in [2.75, 3.05) is 5.32 Å². The number of rotatable bonds is 5. The lowest BCUT2D eigenvalue weighted by Crippen LogP contribution is -2.45. The van der Waals surface area contributed by atoms with Gasteiger partial charge in [0.1, 0.15) is 11.9 Å². The number of urea groups is 1. The molecule has 3 amide bonds. The monoisotopic (exact) mass is 303 g/mol. The molecule has 0 unspecified atom stereocenters. The molecule has 0 spiro atoms. The van der Waals surface area contributed by atoms with Crippen LogP contribution in [0.5, 0.6) is 0 Å². The summed E-state index contributed by atoms with van der Waals surface area (Å²) in [6, 6.07) is 0.848. The maximum atomic E-state index is 13.0. The van der Waals surface area contributed by atoms with Gasteiger partial charge in [-0.15, -0.1) is 0 Å². The number of carboxylic acid groups (broad SMARTS) is 1. The van der Waals surface area contributed by atoms with E-state index in [1.54, 1.807) is 0 Å². The van der Waals surface area contributed by atoms with Crippen LogP contribution >= 0.6 is 11.6 Å². The van der Waals surface area contributed by atoms with Gasteiger partial charge >= 0.3 is 12.0 Å². The molecular formula is C11H11ClFN3O4. The number of halogens is 2. The zero-order valence-electron chi connectivity index (χ0n) is 10.0. The number of carbonyl (C=O) groups is 3. The third kappa shape index (κ3) is 4.73. The molecule has 0 bridgehead atoms. The molecule has 7 nitrogen and oxygen atoms in total. The highest BCUT2D eigenvalue weighted by molar-refractivity contribution is 6.33. The Morgan fingerprint density at radius 2 is 2.05 bits per heavy atom. The molecule has 0 fully saturated rings. The summed E-state index contributed by atoms with van der Waals surface area (Å²) in [5, 5.41) is 13.1. The van der Waals surface area contributed by atoms with Crippen molar-refractivity contribution in [3.63, 3.8) is 0 Å². The Bertz CT molecular complexity index is 552. The summed E-state index contributed by atoms with van der Waals surface area (Å²) in [4.78, 5) is 33.0. The second-order valence-electron chi connectivity index (χ2n) is 3.78. The van der Waals surface area contributed by atoms with Gasteiger partial charge in [-0.1, -0.05) is 11.6 Å². The molecule has 0 aromatic heterocycles. The average molecular weight is 304 g/mol. The van der Waals surface area contributed by atoms with Crippen molar-refractivity contribution in [2.45, 2.75) is 12.5 Å². The van der Waals surface area contributed by atoms with Crippen molar-refractivity contribution >= 4 is 35.2 Å². The summed E-state index contributed by atoms with van der Waals surface area (Å²) >= 11 is 5.72. The maximum Gasteiger partial charge on any atom is 0.326 e. The first-order valence-corrected chi connectivity index (χ1v) is 5.71. The van der Waals surface area contributed by atoms with E-state index in [0.29, 0.717) is 0 Å². The van der Waals surface area contributed by atoms with Gasteiger partial charge in [0.25, 0.3) is 0 Å². The lowest BCUT2D eigenvalue weighted by atomic mass is 10.2. The van der Waals surface area contributed by atoms with Gasteiger partial charge in [-0.05, 0) is 18.2 Å². The summed E-state index contributed by atoms with van der Waals surface area (Å²) in [6.07, 6.45) is -0.570. The highest BCUT2D eigenvalue weighted by Crippen LogP contribution is 2.22.